The SMILES string of the molecule is CCC(C)(C(=O)c1cccc2c1OCCC2)N(C)C. The van der Waals surface area contributed by atoms with E-state index < -0.39 is 5.54 Å². The number of hydrogen-bond donors (Lipinski definition) is 0. The Bertz CT molecular complexity index is 482. The van der Waals surface area contributed by atoms with Gasteiger partial charge in [0.05, 0.1) is 17.7 Å². The Balaban J connectivity index is 2.44. The predicted octanol–water partition coefficient (Wildman–Crippen LogP) is 2.92. The second-order valence-corrected chi connectivity index (χ2v) is 5.60. The molecule has 1 aromatic rings. The number of aryl methyl sites for hydroxylation is 1. The standard InChI is InChI=1S/C16H23NO2/c1-5-16(2,17(3)4)15(18)13-10-6-8-12-9-7-11-19-14(12)13/h6,8,10H,5,7,9,11H2,1-4H3. The van der Waals surface area contributed by atoms with Gasteiger partial charge in [0, 0.05) is 0 Å². The highest BCUT2D eigenvalue weighted by Gasteiger charge is 2.36. The van der Waals surface area contributed by atoms with Crippen LogP contribution >= 0.6 is 0 Å². The van der Waals surface area contributed by atoms with Crippen LogP contribution in [0.1, 0.15) is 42.6 Å². The number of carbonyl (C=O) groups excluding carboxylic acids is 1. The number of Topliss-reactive ketones (excluding diaryl/α,β-unsaturated/α-hetero) is 1. The van der Waals surface area contributed by atoms with E-state index in [1.165, 1.54) is 0 Å². The van der Waals surface area contributed by atoms with Gasteiger partial charge in [0.25, 0.3) is 0 Å². The minimum absolute atomic E-state index is 0.152. The number of ether oxygens (including phenoxy) is 1. The number of fused-ring (bicyclic) bond motifs is 1. The van der Waals surface area contributed by atoms with E-state index in [2.05, 4.69) is 6.07 Å². The summed E-state index contributed by atoms with van der Waals surface area (Å²) in [6.07, 6.45) is 2.81. The average Bonchev–Trinajstić information content (AvgIpc) is 2.44. The maximum Gasteiger partial charge on any atom is 0.186 e. The van der Waals surface area contributed by atoms with E-state index in [0.717, 1.165) is 36.1 Å². The molecule has 1 atom stereocenters. The van der Waals surface area contributed by atoms with Crippen LogP contribution in [0.25, 0.3) is 0 Å². The Morgan fingerprint density at radius 2 is 2.16 bits per heavy atom. The maximum atomic E-state index is 12.9. The van der Waals surface area contributed by atoms with Gasteiger partial charge in [0.15, 0.2) is 5.78 Å². The summed E-state index contributed by atoms with van der Waals surface area (Å²) < 4.78 is 5.76. The topological polar surface area (TPSA) is 29.5 Å². The van der Waals surface area contributed by atoms with E-state index in [1.54, 1.807) is 0 Å². The molecule has 1 aromatic carbocycles. The summed E-state index contributed by atoms with van der Waals surface area (Å²) in [6, 6.07) is 5.92. The highest BCUT2D eigenvalue weighted by atomic mass is 16.5. The molecule has 0 aromatic heterocycles. The smallest absolute Gasteiger partial charge is 0.186 e. The van der Waals surface area contributed by atoms with Crippen LogP contribution in [0.5, 0.6) is 5.75 Å². The zero-order valence-corrected chi connectivity index (χ0v) is 12.3. The van der Waals surface area contributed by atoms with Crippen molar-refractivity contribution in [2.75, 3.05) is 20.7 Å². The van der Waals surface area contributed by atoms with Crippen LogP contribution in [-0.4, -0.2) is 36.9 Å². The van der Waals surface area contributed by atoms with Crippen molar-refractivity contribution in [3.8, 4) is 5.75 Å². The summed E-state index contributed by atoms with van der Waals surface area (Å²) in [5.41, 5.74) is 1.42. The summed E-state index contributed by atoms with van der Waals surface area (Å²) in [5, 5.41) is 0. The second-order valence-electron chi connectivity index (χ2n) is 5.60. The average molecular weight is 261 g/mol. The lowest BCUT2D eigenvalue weighted by molar-refractivity contribution is 0.0705. The molecule has 0 bridgehead atoms. The molecule has 0 N–H and O–H groups in total. The first kappa shape index (κ1) is 14.1. The Labute approximate surface area is 115 Å². The largest absolute Gasteiger partial charge is 0.493 e. The number of benzene rings is 1. The summed E-state index contributed by atoms with van der Waals surface area (Å²) in [7, 11) is 3.91. The molecule has 1 heterocycles. The van der Waals surface area contributed by atoms with E-state index >= 15 is 0 Å². The molecule has 3 nitrogen and oxygen atoms in total. The van der Waals surface area contributed by atoms with E-state index in [4.69, 9.17) is 4.74 Å². The van der Waals surface area contributed by atoms with Crippen LogP contribution in [0, 0.1) is 0 Å². The van der Waals surface area contributed by atoms with Gasteiger partial charge in [-0.3, -0.25) is 9.69 Å². The van der Waals surface area contributed by atoms with Crippen molar-refractivity contribution < 1.29 is 9.53 Å². The van der Waals surface area contributed by atoms with Crippen molar-refractivity contribution in [1.82, 2.24) is 4.90 Å². The fourth-order valence-corrected chi connectivity index (χ4v) is 2.54. The summed E-state index contributed by atoms with van der Waals surface area (Å²) in [5.74, 6) is 0.957. The molecule has 0 spiro atoms. The first-order valence-electron chi connectivity index (χ1n) is 6.97. The third kappa shape index (κ3) is 2.39. The molecule has 2 rings (SSSR count). The zero-order valence-electron chi connectivity index (χ0n) is 12.3. The zero-order chi connectivity index (χ0) is 14.0. The molecule has 19 heavy (non-hydrogen) atoms. The van der Waals surface area contributed by atoms with Crippen molar-refractivity contribution in [2.45, 2.75) is 38.6 Å². The van der Waals surface area contributed by atoms with Gasteiger partial charge in [-0.1, -0.05) is 19.1 Å². The molecule has 1 aliphatic heterocycles. The lowest BCUT2D eigenvalue weighted by Crippen LogP contribution is -2.48. The van der Waals surface area contributed by atoms with Gasteiger partial charge in [-0.2, -0.15) is 0 Å². The van der Waals surface area contributed by atoms with Gasteiger partial charge >= 0.3 is 0 Å². The quantitative estimate of drug-likeness (QED) is 0.780. The molecule has 1 aliphatic rings. The van der Waals surface area contributed by atoms with Crippen molar-refractivity contribution in [1.29, 1.82) is 0 Å². The van der Waals surface area contributed by atoms with Gasteiger partial charge in [-0.25, -0.2) is 0 Å². The summed E-state index contributed by atoms with van der Waals surface area (Å²) in [4.78, 5) is 14.9. The molecule has 0 saturated carbocycles. The Morgan fingerprint density at radius 1 is 1.42 bits per heavy atom. The van der Waals surface area contributed by atoms with Crippen molar-refractivity contribution >= 4 is 5.78 Å². The van der Waals surface area contributed by atoms with Gasteiger partial charge in [0.2, 0.25) is 0 Å². The molecule has 0 fully saturated rings. The molecule has 0 radical (unpaired) electrons. The van der Waals surface area contributed by atoms with Crippen LogP contribution in [0.3, 0.4) is 0 Å². The Morgan fingerprint density at radius 3 is 2.79 bits per heavy atom. The number of hydrogen-bond acceptors (Lipinski definition) is 3. The van der Waals surface area contributed by atoms with E-state index in [9.17, 15) is 4.79 Å². The van der Waals surface area contributed by atoms with E-state index in [-0.39, 0.29) is 5.78 Å². The fourth-order valence-electron chi connectivity index (χ4n) is 2.54. The molecular formula is C16H23NO2. The molecule has 0 saturated heterocycles. The lowest BCUT2D eigenvalue weighted by Gasteiger charge is -2.35. The summed E-state index contributed by atoms with van der Waals surface area (Å²) in [6.45, 7) is 4.76. The van der Waals surface area contributed by atoms with Gasteiger partial charge < -0.3 is 4.74 Å². The van der Waals surface area contributed by atoms with E-state index in [1.807, 2.05) is 45.0 Å². The van der Waals surface area contributed by atoms with Gasteiger partial charge in [-0.05, 0) is 51.9 Å². The number of ketones is 1. The number of nitrogens with zero attached hydrogens (tertiary/aromatic N) is 1. The number of rotatable bonds is 4. The molecule has 0 aliphatic carbocycles. The fraction of sp³-hybridized carbons (Fsp3) is 0.562. The lowest BCUT2D eigenvalue weighted by atomic mass is 9.86. The molecule has 1 unspecified atom stereocenters. The van der Waals surface area contributed by atoms with Gasteiger partial charge in [0.1, 0.15) is 5.75 Å². The number of carbonyl (C=O) groups is 1. The normalized spacial score (nSPS) is 17.5. The Hall–Kier alpha value is -1.35. The van der Waals surface area contributed by atoms with Crippen LogP contribution in [0.15, 0.2) is 18.2 Å². The van der Waals surface area contributed by atoms with Crippen LogP contribution in [0.4, 0.5) is 0 Å². The van der Waals surface area contributed by atoms with Crippen molar-refractivity contribution in [3.63, 3.8) is 0 Å². The highest BCUT2D eigenvalue weighted by molar-refractivity contribution is 6.05. The monoisotopic (exact) mass is 261 g/mol. The van der Waals surface area contributed by atoms with Crippen LogP contribution in [-0.2, 0) is 6.42 Å². The third-order valence-electron chi connectivity index (χ3n) is 4.34. The molecule has 0 amide bonds. The second kappa shape index (κ2) is 5.33. The molecular weight excluding hydrogens is 238 g/mol. The van der Waals surface area contributed by atoms with Crippen LogP contribution < -0.4 is 4.74 Å². The molecule has 104 valence electrons. The van der Waals surface area contributed by atoms with E-state index in [0.29, 0.717) is 6.61 Å². The third-order valence-corrected chi connectivity index (χ3v) is 4.34. The van der Waals surface area contributed by atoms with Crippen molar-refractivity contribution in [2.24, 2.45) is 0 Å². The molecule has 3 heteroatoms. The van der Waals surface area contributed by atoms with Crippen molar-refractivity contribution in [3.05, 3.63) is 29.3 Å². The van der Waals surface area contributed by atoms with Gasteiger partial charge in [-0.15, -0.1) is 0 Å². The Kier molecular flexibility index (Phi) is 3.95. The van der Waals surface area contributed by atoms with Crippen LogP contribution in [0.2, 0.25) is 0 Å². The minimum Gasteiger partial charge on any atom is -0.493 e. The maximum absolute atomic E-state index is 12.9. The highest BCUT2D eigenvalue weighted by Crippen LogP contribution is 2.33. The summed E-state index contributed by atoms with van der Waals surface area (Å²) >= 11 is 0. The minimum atomic E-state index is -0.476. The predicted molar refractivity (Wildman–Crippen MR) is 77.0 cm³/mol. The first-order chi connectivity index (χ1) is 9.00. The number of para-hydroxylation sites is 1. The first-order valence-corrected chi connectivity index (χ1v) is 6.97. The number of likely N-dealkylation sites (N-methyl/N-ethyl adjacent to an activating group) is 1.